The van der Waals surface area contributed by atoms with Crippen molar-refractivity contribution in [3.05, 3.63) is 224 Å². The van der Waals surface area contributed by atoms with Crippen LogP contribution in [0.1, 0.15) is 80.8 Å². The van der Waals surface area contributed by atoms with Crippen molar-refractivity contribution in [2.75, 3.05) is 0 Å². The first-order valence-electron chi connectivity index (χ1n) is 30.2. The van der Waals surface area contributed by atoms with Gasteiger partial charge in [-0.3, -0.25) is 34.1 Å². The molecule has 0 radical (unpaired) electrons. The van der Waals surface area contributed by atoms with Crippen molar-refractivity contribution < 1.29 is 88.6 Å². The quantitative estimate of drug-likeness (QED) is 0.0767. The Balaban J connectivity index is 0.970. The third-order valence-corrected chi connectivity index (χ3v) is 17.6. The van der Waals surface area contributed by atoms with Crippen LogP contribution in [-0.2, 0) is 46.5 Å². The molecule has 9 aromatic carbocycles. The Morgan fingerprint density at radius 3 is 1.76 bits per heavy atom. The van der Waals surface area contributed by atoms with E-state index in [2.05, 4.69) is 37.2 Å². The van der Waals surface area contributed by atoms with Crippen LogP contribution in [0.25, 0.3) is 22.3 Å². The number of phenols is 6. The highest BCUT2D eigenvalue weighted by Gasteiger charge is 2.41. The monoisotopic (exact) mass is 1360 g/mol. The van der Waals surface area contributed by atoms with Crippen LogP contribution < -0.4 is 51.4 Å². The van der Waals surface area contributed by atoms with E-state index in [1.165, 1.54) is 54.6 Å². The summed E-state index contributed by atoms with van der Waals surface area (Å²) in [6.45, 7) is 0.0828. The van der Waals surface area contributed by atoms with Crippen LogP contribution in [0, 0.1) is 0 Å². The van der Waals surface area contributed by atoms with Gasteiger partial charge in [-0.2, -0.15) is 0 Å². The number of aliphatic hydroxyl groups is 1. The second-order valence-corrected chi connectivity index (χ2v) is 24.3. The molecule has 0 saturated carbocycles. The lowest BCUT2D eigenvalue weighted by Crippen LogP contribution is -2.55. The first-order chi connectivity index (χ1) is 47.0. The normalized spacial score (nSPS) is 20.6. The van der Waals surface area contributed by atoms with Crippen molar-refractivity contribution in [1.82, 2.24) is 37.2 Å². The molecule has 0 unspecified atom stereocenters. The molecule has 6 aliphatic rings. The molecule has 0 aliphatic carbocycles. The lowest BCUT2D eigenvalue weighted by atomic mass is 9.89. The Morgan fingerprint density at radius 2 is 1.07 bits per heavy atom. The molecule has 0 aromatic heterocycles. The van der Waals surface area contributed by atoms with Gasteiger partial charge in [-0.1, -0.05) is 102 Å². The van der Waals surface area contributed by atoms with E-state index in [0.717, 1.165) is 77.4 Å². The lowest BCUT2D eigenvalue weighted by Gasteiger charge is -2.31. The summed E-state index contributed by atoms with van der Waals surface area (Å²) in [4.78, 5) is 105. The molecule has 25 nitrogen and oxygen atoms in total. The molecule has 9 aromatic rings. The van der Waals surface area contributed by atoms with Crippen LogP contribution in [0.3, 0.4) is 0 Å². The Labute approximate surface area is 564 Å². The van der Waals surface area contributed by atoms with Crippen molar-refractivity contribution in [2.45, 2.75) is 61.4 Å². The highest BCUT2D eigenvalue weighted by Crippen LogP contribution is 2.48. The lowest BCUT2D eigenvalue weighted by molar-refractivity contribution is -0.143. The van der Waals surface area contributed by atoms with Crippen LogP contribution in [0.15, 0.2) is 170 Å². The molecule has 6 amide bonds. The van der Waals surface area contributed by atoms with Gasteiger partial charge in [0, 0.05) is 41.8 Å². The summed E-state index contributed by atoms with van der Waals surface area (Å²) in [5, 5.41) is 110. The fourth-order valence-corrected chi connectivity index (χ4v) is 12.6. The number of amides is 6. The number of hydrogen-bond donors (Lipinski definition) is 15. The number of rotatable bonds is 5. The molecule has 17 bridgehead atoms. The third-order valence-electron chi connectivity index (χ3n) is 17.0. The van der Waals surface area contributed by atoms with E-state index in [4.69, 9.17) is 37.4 Å². The topological polar surface area (TPSA) is 393 Å². The number of aromatic hydroxyl groups is 6. The van der Waals surface area contributed by atoms with Crippen molar-refractivity contribution in [3.63, 3.8) is 0 Å². The van der Waals surface area contributed by atoms with Crippen molar-refractivity contribution >= 4 is 64.6 Å². The highest BCUT2D eigenvalue weighted by molar-refractivity contribution is 6.32. The van der Waals surface area contributed by atoms with E-state index in [9.17, 15) is 50.4 Å². The Morgan fingerprint density at radius 1 is 0.480 bits per heavy atom. The maximum atomic E-state index is 15.9. The predicted molar refractivity (Wildman–Crippen MR) is 349 cm³/mol. The molecule has 15 N–H and O–H groups in total. The van der Waals surface area contributed by atoms with E-state index in [-0.39, 0.29) is 73.8 Å². The number of aliphatic hydroxyl groups excluding tert-OH is 1. The number of carbonyl (C=O) groups excluding carboxylic acids is 6. The Bertz CT molecular complexity index is 4790. The molecule has 0 spiro atoms. The van der Waals surface area contributed by atoms with Gasteiger partial charge in [-0.15, -0.1) is 0 Å². The van der Waals surface area contributed by atoms with Gasteiger partial charge in [0.05, 0.1) is 10.0 Å². The minimum Gasteiger partial charge on any atom is -0.508 e. The van der Waals surface area contributed by atoms with Gasteiger partial charge in [0.15, 0.2) is 29.0 Å². The van der Waals surface area contributed by atoms with Crippen molar-refractivity contribution in [1.29, 1.82) is 0 Å². The molecule has 98 heavy (non-hydrogen) atoms. The first kappa shape index (κ1) is 64.7. The van der Waals surface area contributed by atoms with Crippen LogP contribution in [0.5, 0.6) is 69.0 Å². The minimum absolute atomic E-state index is 0.0828. The molecular weight excluding hydrogens is 1310 g/mol. The summed E-state index contributed by atoms with van der Waals surface area (Å²) in [6, 6.07) is 26.2. The average Bonchev–Trinajstić information content (AvgIpc) is 0.771. The zero-order chi connectivity index (χ0) is 69.0. The fourth-order valence-electron chi connectivity index (χ4n) is 12.1. The zero-order valence-corrected chi connectivity index (χ0v) is 52.1. The molecule has 0 saturated heterocycles. The zero-order valence-electron chi connectivity index (χ0n) is 50.6. The molecule has 6 aliphatic heterocycles. The number of nitrogens with one attached hydrogen (secondary N) is 7. The first-order valence-corrected chi connectivity index (χ1v) is 30.9. The van der Waals surface area contributed by atoms with Crippen LogP contribution in [0.2, 0.25) is 10.0 Å². The molecule has 6 heterocycles. The van der Waals surface area contributed by atoms with Gasteiger partial charge in [0.2, 0.25) is 41.2 Å². The number of hydrogen-bond acceptors (Lipinski definition) is 18. The standard InChI is InChI=1S/C71H55Cl2N7O18/c72-45-18-32-8-16-51(45)97-54-25-39-26-55(64(54)87)98-52-17-13-37(23-46(52)73)63(86)62-70(93)79-61(71(94)95)44-28-41(82)29-50(85)56(44)43-22-35(11-14-48(43)83)58(67(90)80-62)77-69(92)60(39)78-68(91)59-38-20-40(81)27-42(21-38)96-53-24-36(12-15-49(53)84)57(66(89)75-47(19-32)65(88)76-59)74-30-31-6-9-34(10-7-31)33-4-2-1-3-5-33/h1-18,20-29,47,57-63,74,81-87H,19,30H2,(H,75,89)(H,76,88)(H,77,92)(H,78,91)(H,79,93)(H,80,90)(H,94,95)/t47-,57+,58-,59+,60-,61+,62+,63-/m1/s1. The smallest absolute Gasteiger partial charge is 0.330 e. The number of phenolic OH excluding ortho intramolecular Hbond substituents is 6. The average molecular weight is 1370 g/mol. The minimum atomic E-state index is -2.20. The van der Waals surface area contributed by atoms with Crippen LogP contribution in [0.4, 0.5) is 0 Å². The Hall–Kier alpha value is -12.0. The van der Waals surface area contributed by atoms with Crippen LogP contribution in [-0.4, -0.2) is 94.3 Å². The summed E-state index contributed by atoms with van der Waals surface area (Å²) >= 11 is 13.9. The second kappa shape index (κ2) is 26.3. The van der Waals surface area contributed by atoms with E-state index < -0.39 is 152 Å². The number of halogens is 2. The Kier molecular flexibility index (Phi) is 17.3. The summed E-state index contributed by atoms with van der Waals surface area (Å²) in [5.74, 6) is -14.7. The summed E-state index contributed by atoms with van der Waals surface area (Å²) in [5.41, 5.74) is 0.793. The van der Waals surface area contributed by atoms with Crippen molar-refractivity contribution in [3.8, 4) is 91.2 Å². The number of carboxylic acids is 1. The van der Waals surface area contributed by atoms with E-state index in [1.807, 2.05) is 54.6 Å². The van der Waals surface area contributed by atoms with Gasteiger partial charge >= 0.3 is 5.97 Å². The van der Waals surface area contributed by atoms with Gasteiger partial charge < -0.3 is 87.0 Å². The predicted octanol–water partition coefficient (Wildman–Crippen LogP) is 8.48. The van der Waals surface area contributed by atoms with Gasteiger partial charge in [0.1, 0.15) is 82.6 Å². The maximum absolute atomic E-state index is 15.9. The second-order valence-electron chi connectivity index (χ2n) is 23.5. The number of carbonyl (C=O) groups is 7. The molecule has 496 valence electrons. The van der Waals surface area contributed by atoms with E-state index in [0.29, 0.717) is 5.56 Å². The number of fused-ring (bicyclic) bond motifs is 14. The molecule has 0 fully saturated rings. The number of aliphatic carboxylic acids is 1. The summed E-state index contributed by atoms with van der Waals surface area (Å²) in [6.07, 6.45) is -2.48. The molecule has 8 atom stereocenters. The molecule has 27 heteroatoms. The summed E-state index contributed by atoms with van der Waals surface area (Å²) < 4.78 is 18.8. The summed E-state index contributed by atoms with van der Waals surface area (Å²) in [7, 11) is 0. The number of carboxylic acid groups (broad SMARTS) is 1. The molecule has 15 rings (SSSR count). The number of ether oxygens (including phenoxy) is 3. The largest absolute Gasteiger partial charge is 0.508 e. The molecular formula is C71H55Cl2N7O18. The third kappa shape index (κ3) is 13.0. The SMILES string of the molecule is O=C1N[C@@H]2Cc3ccc(c(Cl)c3)Oc3cc4cc(c3O)Oc3ccc(cc3Cl)[C@@H](O)[C@@H]3NC(=O)[C@H](NC(=O)[C@@H]4NC(=O)[C@@H](NC2=O)c2cc(O)cc(c2)Oc2cc(ccc2O)[C@@H]1NCc1ccc(-c2ccccc2)cc1)c1ccc(O)c(c1)-c1c(O)cc(O)cc1[C@@H](C(=O)O)NC3=O. The fraction of sp³-hybridized carbons (Fsp3) is 0.141. The van der Waals surface area contributed by atoms with Gasteiger partial charge in [0.25, 0.3) is 0 Å². The van der Waals surface area contributed by atoms with Gasteiger partial charge in [-0.05, 0) is 129 Å². The van der Waals surface area contributed by atoms with E-state index in [1.54, 1.807) is 0 Å². The van der Waals surface area contributed by atoms with Crippen LogP contribution >= 0.6 is 23.2 Å². The van der Waals surface area contributed by atoms with E-state index >= 15 is 24.0 Å². The maximum Gasteiger partial charge on any atom is 0.330 e. The number of benzene rings is 9. The highest BCUT2D eigenvalue weighted by atomic mass is 35.5. The van der Waals surface area contributed by atoms with Crippen molar-refractivity contribution in [2.24, 2.45) is 0 Å². The van der Waals surface area contributed by atoms with Gasteiger partial charge in [-0.25, -0.2) is 4.79 Å².